The lowest BCUT2D eigenvalue weighted by Gasteiger charge is -2.19. The Kier molecular flexibility index (Phi) is 4.65. The number of amides is 1. The second-order valence-electron chi connectivity index (χ2n) is 6.32. The molecule has 124 valence electrons. The van der Waals surface area contributed by atoms with Gasteiger partial charge in [0.2, 0.25) is 0 Å². The van der Waals surface area contributed by atoms with Gasteiger partial charge in [0, 0.05) is 5.56 Å². The zero-order chi connectivity index (χ0) is 17.1. The molecule has 0 saturated carbocycles. The van der Waals surface area contributed by atoms with Crippen molar-refractivity contribution >= 4 is 11.9 Å². The Morgan fingerprint density at radius 2 is 1.88 bits per heavy atom. The van der Waals surface area contributed by atoms with Crippen LogP contribution in [-0.2, 0) is 17.6 Å². The Labute approximate surface area is 141 Å². The van der Waals surface area contributed by atoms with Crippen LogP contribution in [0.15, 0.2) is 42.5 Å². The summed E-state index contributed by atoms with van der Waals surface area (Å²) in [6, 6.07) is 12.8. The maximum atomic E-state index is 12.6. The van der Waals surface area contributed by atoms with E-state index in [1.807, 2.05) is 49.4 Å². The average Bonchev–Trinajstić information content (AvgIpc) is 3.01. The monoisotopic (exact) mass is 323 g/mol. The molecule has 1 aliphatic carbocycles. The molecule has 0 aliphatic heterocycles. The maximum absolute atomic E-state index is 12.6. The van der Waals surface area contributed by atoms with E-state index in [0.29, 0.717) is 5.56 Å². The van der Waals surface area contributed by atoms with Crippen LogP contribution in [0.5, 0.6) is 0 Å². The van der Waals surface area contributed by atoms with E-state index in [1.54, 1.807) is 0 Å². The predicted octanol–water partition coefficient (Wildman–Crippen LogP) is 3.43. The molecule has 0 fully saturated rings. The Bertz CT molecular complexity index is 782. The van der Waals surface area contributed by atoms with Crippen molar-refractivity contribution in [2.24, 2.45) is 0 Å². The van der Waals surface area contributed by atoms with Crippen LogP contribution in [-0.4, -0.2) is 17.0 Å². The molecule has 2 N–H and O–H groups in total. The Hall–Kier alpha value is -2.62. The van der Waals surface area contributed by atoms with Crippen LogP contribution in [0, 0.1) is 6.92 Å². The summed E-state index contributed by atoms with van der Waals surface area (Å²) in [5.74, 6) is -1.16. The molecule has 0 radical (unpaired) electrons. The second-order valence-corrected chi connectivity index (χ2v) is 6.32. The van der Waals surface area contributed by atoms with E-state index in [-0.39, 0.29) is 12.3 Å². The van der Waals surface area contributed by atoms with Gasteiger partial charge < -0.3 is 10.4 Å². The van der Waals surface area contributed by atoms with Crippen LogP contribution < -0.4 is 5.32 Å². The number of hydrogen-bond donors (Lipinski definition) is 2. The first-order valence-electron chi connectivity index (χ1n) is 8.24. The number of aryl methyl sites for hydroxylation is 3. The third-order valence-corrected chi connectivity index (χ3v) is 4.61. The van der Waals surface area contributed by atoms with Gasteiger partial charge >= 0.3 is 5.97 Å². The van der Waals surface area contributed by atoms with Crippen molar-refractivity contribution < 1.29 is 14.7 Å². The van der Waals surface area contributed by atoms with Gasteiger partial charge in [0.15, 0.2) is 0 Å². The van der Waals surface area contributed by atoms with Crippen molar-refractivity contribution in [1.29, 1.82) is 0 Å². The number of carboxylic acid groups (broad SMARTS) is 1. The molecule has 2 aromatic rings. The normalized spacial score (nSPS) is 14.0. The van der Waals surface area contributed by atoms with E-state index in [1.165, 1.54) is 11.1 Å². The van der Waals surface area contributed by atoms with E-state index < -0.39 is 12.0 Å². The summed E-state index contributed by atoms with van der Waals surface area (Å²) in [6.07, 6.45) is 3.07. The summed E-state index contributed by atoms with van der Waals surface area (Å²) >= 11 is 0. The van der Waals surface area contributed by atoms with Gasteiger partial charge in [-0.05, 0) is 60.6 Å². The number of hydrogen-bond acceptors (Lipinski definition) is 2. The highest BCUT2D eigenvalue weighted by atomic mass is 16.4. The van der Waals surface area contributed by atoms with Crippen LogP contribution >= 0.6 is 0 Å². The number of carbonyl (C=O) groups excluding carboxylic acids is 1. The Balaban J connectivity index is 1.83. The molecule has 0 aromatic heterocycles. The van der Waals surface area contributed by atoms with Crippen molar-refractivity contribution in [3.63, 3.8) is 0 Å². The minimum absolute atomic E-state index is 0.137. The third kappa shape index (κ3) is 3.48. The van der Waals surface area contributed by atoms with Gasteiger partial charge in [0.25, 0.3) is 5.91 Å². The zero-order valence-electron chi connectivity index (χ0n) is 13.7. The fourth-order valence-electron chi connectivity index (χ4n) is 3.35. The van der Waals surface area contributed by atoms with E-state index in [9.17, 15) is 14.7 Å². The standard InChI is InChI=1S/C20H21NO3/c1-13-5-2-3-8-17(13)18(12-19(22)23)21-20(24)16-10-9-14-6-4-7-15(14)11-16/h2-3,5,8-11,18H,4,6-7,12H2,1H3,(H,21,24)(H,22,23). The minimum Gasteiger partial charge on any atom is -0.481 e. The van der Waals surface area contributed by atoms with Gasteiger partial charge in [-0.2, -0.15) is 0 Å². The number of benzene rings is 2. The molecule has 1 aliphatic rings. The topological polar surface area (TPSA) is 66.4 Å². The maximum Gasteiger partial charge on any atom is 0.305 e. The van der Waals surface area contributed by atoms with Crippen LogP contribution in [0.3, 0.4) is 0 Å². The zero-order valence-corrected chi connectivity index (χ0v) is 13.7. The largest absolute Gasteiger partial charge is 0.481 e. The van der Waals surface area contributed by atoms with Crippen molar-refractivity contribution in [1.82, 2.24) is 5.32 Å². The first-order chi connectivity index (χ1) is 11.5. The van der Waals surface area contributed by atoms with Gasteiger partial charge in [0.05, 0.1) is 12.5 Å². The summed E-state index contributed by atoms with van der Waals surface area (Å²) in [7, 11) is 0. The molecule has 1 unspecified atom stereocenters. The quantitative estimate of drug-likeness (QED) is 0.886. The number of carbonyl (C=O) groups is 2. The van der Waals surface area contributed by atoms with E-state index in [2.05, 4.69) is 5.32 Å². The van der Waals surface area contributed by atoms with Crippen LogP contribution in [0.4, 0.5) is 0 Å². The Morgan fingerprint density at radius 3 is 2.62 bits per heavy atom. The van der Waals surface area contributed by atoms with Crippen LogP contribution in [0.25, 0.3) is 0 Å². The average molecular weight is 323 g/mol. The summed E-state index contributed by atoms with van der Waals surface area (Å²) in [4.78, 5) is 23.8. The number of rotatable bonds is 5. The van der Waals surface area contributed by atoms with Crippen molar-refractivity contribution in [3.8, 4) is 0 Å². The molecule has 4 nitrogen and oxygen atoms in total. The van der Waals surface area contributed by atoms with E-state index in [0.717, 1.165) is 30.4 Å². The Morgan fingerprint density at radius 1 is 1.12 bits per heavy atom. The summed E-state index contributed by atoms with van der Waals surface area (Å²) in [5.41, 5.74) is 4.95. The second kappa shape index (κ2) is 6.87. The van der Waals surface area contributed by atoms with Gasteiger partial charge in [-0.1, -0.05) is 30.3 Å². The number of carboxylic acids is 1. The van der Waals surface area contributed by atoms with Gasteiger partial charge in [-0.3, -0.25) is 9.59 Å². The molecule has 0 bridgehead atoms. The smallest absolute Gasteiger partial charge is 0.305 e. The third-order valence-electron chi connectivity index (χ3n) is 4.61. The van der Waals surface area contributed by atoms with Crippen LogP contribution in [0.1, 0.15) is 51.5 Å². The van der Waals surface area contributed by atoms with Gasteiger partial charge in [-0.25, -0.2) is 0 Å². The highest BCUT2D eigenvalue weighted by Gasteiger charge is 2.21. The molecule has 24 heavy (non-hydrogen) atoms. The molecule has 0 spiro atoms. The SMILES string of the molecule is Cc1ccccc1C(CC(=O)O)NC(=O)c1ccc2c(c1)CCC2. The van der Waals surface area contributed by atoms with Crippen molar-refractivity contribution in [2.75, 3.05) is 0 Å². The molecule has 0 saturated heterocycles. The molecular weight excluding hydrogens is 302 g/mol. The summed E-state index contributed by atoms with van der Waals surface area (Å²) < 4.78 is 0. The number of nitrogens with one attached hydrogen (secondary N) is 1. The molecule has 4 heteroatoms. The van der Waals surface area contributed by atoms with E-state index in [4.69, 9.17) is 0 Å². The first kappa shape index (κ1) is 16.2. The van der Waals surface area contributed by atoms with E-state index >= 15 is 0 Å². The highest BCUT2D eigenvalue weighted by molar-refractivity contribution is 5.95. The molecular formula is C20H21NO3. The molecule has 3 rings (SSSR count). The van der Waals surface area contributed by atoms with Gasteiger partial charge in [0.1, 0.15) is 0 Å². The lowest BCUT2D eigenvalue weighted by molar-refractivity contribution is -0.137. The summed E-state index contributed by atoms with van der Waals surface area (Å²) in [5, 5.41) is 12.1. The first-order valence-corrected chi connectivity index (χ1v) is 8.24. The lowest BCUT2D eigenvalue weighted by Crippen LogP contribution is -2.30. The molecule has 2 aromatic carbocycles. The van der Waals surface area contributed by atoms with Crippen molar-refractivity contribution in [3.05, 3.63) is 70.3 Å². The van der Waals surface area contributed by atoms with Gasteiger partial charge in [-0.15, -0.1) is 0 Å². The van der Waals surface area contributed by atoms with Crippen LogP contribution in [0.2, 0.25) is 0 Å². The summed E-state index contributed by atoms with van der Waals surface area (Å²) in [6.45, 7) is 1.92. The predicted molar refractivity (Wildman–Crippen MR) is 92.1 cm³/mol. The molecule has 1 atom stereocenters. The fraction of sp³-hybridized carbons (Fsp3) is 0.300. The minimum atomic E-state index is -0.933. The van der Waals surface area contributed by atoms with Crippen molar-refractivity contribution in [2.45, 2.75) is 38.6 Å². The fourth-order valence-corrected chi connectivity index (χ4v) is 3.35. The molecule has 1 amide bonds. The highest BCUT2D eigenvalue weighted by Crippen LogP contribution is 2.24. The molecule has 0 heterocycles. The number of fused-ring (bicyclic) bond motifs is 1. The lowest BCUT2D eigenvalue weighted by atomic mass is 9.98. The number of aliphatic carboxylic acids is 1.